The Labute approximate surface area is 69.0 Å². The second kappa shape index (κ2) is 5.00. The minimum atomic E-state index is -3.54. The Morgan fingerprint density at radius 3 is 2.67 bits per heavy atom. The number of hydrogen-bond donors (Lipinski definition) is 2. The fourth-order valence-electron chi connectivity index (χ4n) is 0.516. The molecule has 0 unspecified atom stereocenters. The molecule has 0 aromatic heterocycles. The molecule has 0 fully saturated rings. The second-order valence-corrected chi connectivity index (χ2v) is 2.23. The van der Waals surface area contributed by atoms with E-state index in [1.54, 1.807) is 6.92 Å². The molecule has 0 aliphatic heterocycles. The first-order chi connectivity index (χ1) is 5.54. The highest BCUT2D eigenvalue weighted by atomic mass is 19.3. The fraction of sp³-hybridized carbons (Fsp3) is 0.833. The van der Waals surface area contributed by atoms with Crippen LogP contribution < -0.4 is 11.3 Å². The van der Waals surface area contributed by atoms with Crippen molar-refractivity contribution in [1.29, 1.82) is 0 Å². The van der Waals surface area contributed by atoms with Gasteiger partial charge in [-0.05, 0) is 6.42 Å². The standard InChI is InChI=1S/C6H12F2N2O2/c1-2-3-12-4-6(7,8)5(11)10-9/h2-4,9H2,1H3,(H,10,11). The zero-order valence-corrected chi connectivity index (χ0v) is 6.77. The molecule has 0 spiro atoms. The van der Waals surface area contributed by atoms with E-state index < -0.39 is 18.4 Å². The van der Waals surface area contributed by atoms with Crippen LogP contribution in [0.3, 0.4) is 0 Å². The Balaban J connectivity index is 3.78. The van der Waals surface area contributed by atoms with Crippen LogP contribution in [0.25, 0.3) is 0 Å². The van der Waals surface area contributed by atoms with Crippen LogP contribution in [0.2, 0.25) is 0 Å². The number of nitrogens with two attached hydrogens (primary N) is 1. The molecule has 0 aliphatic rings. The van der Waals surface area contributed by atoms with Gasteiger partial charge in [0.25, 0.3) is 0 Å². The third-order valence-electron chi connectivity index (χ3n) is 1.10. The first-order valence-corrected chi connectivity index (χ1v) is 3.51. The molecule has 0 aliphatic carbocycles. The molecule has 1 amide bonds. The Hall–Kier alpha value is -0.750. The van der Waals surface area contributed by atoms with Crippen LogP contribution in [-0.2, 0) is 9.53 Å². The van der Waals surface area contributed by atoms with E-state index in [2.05, 4.69) is 10.6 Å². The van der Waals surface area contributed by atoms with Crippen molar-refractivity contribution in [2.24, 2.45) is 5.84 Å². The first kappa shape index (κ1) is 11.2. The van der Waals surface area contributed by atoms with E-state index in [-0.39, 0.29) is 6.61 Å². The van der Waals surface area contributed by atoms with E-state index in [0.29, 0.717) is 6.42 Å². The van der Waals surface area contributed by atoms with Crippen LogP contribution in [0.1, 0.15) is 13.3 Å². The number of hydrazine groups is 1. The quantitative estimate of drug-likeness (QED) is 0.273. The molecule has 0 aromatic rings. The molecule has 0 rings (SSSR count). The molecule has 0 radical (unpaired) electrons. The third kappa shape index (κ3) is 3.59. The molecule has 6 heteroatoms. The van der Waals surface area contributed by atoms with Crippen LogP contribution in [-0.4, -0.2) is 25.0 Å². The molecule has 12 heavy (non-hydrogen) atoms. The molecule has 0 atom stereocenters. The maximum absolute atomic E-state index is 12.5. The Kier molecular flexibility index (Phi) is 4.68. The molecular weight excluding hydrogens is 170 g/mol. The van der Waals surface area contributed by atoms with E-state index in [1.165, 1.54) is 5.43 Å². The van der Waals surface area contributed by atoms with Crippen LogP contribution in [0.15, 0.2) is 0 Å². The lowest BCUT2D eigenvalue weighted by Gasteiger charge is -2.13. The van der Waals surface area contributed by atoms with Crippen LogP contribution in [0, 0.1) is 0 Å². The maximum Gasteiger partial charge on any atom is 0.348 e. The number of carbonyl (C=O) groups is 1. The third-order valence-corrected chi connectivity index (χ3v) is 1.10. The molecule has 0 aromatic carbocycles. The molecular formula is C6H12F2N2O2. The van der Waals surface area contributed by atoms with Crippen molar-refractivity contribution in [2.45, 2.75) is 19.3 Å². The monoisotopic (exact) mass is 182 g/mol. The first-order valence-electron chi connectivity index (χ1n) is 3.51. The molecule has 0 saturated heterocycles. The summed E-state index contributed by atoms with van der Waals surface area (Å²) in [4.78, 5) is 10.4. The number of carbonyl (C=O) groups excluding carboxylic acids is 1. The van der Waals surface area contributed by atoms with Crippen LogP contribution >= 0.6 is 0 Å². The van der Waals surface area contributed by atoms with Crippen molar-refractivity contribution in [2.75, 3.05) is 13.2 Å². The molecule has 4 nitrogen and oxygen atoms in total. The van der Waals surface area contributed by atoms with E-state index in [1.807, 2.05) is 0 Å². The highest BCUT2D eigenvalue weighted by molar-refractivity contribution is 5.82. The molecule has 0 heterocycles. The highest BCUT2D eigenvalue weighted by Crippen LogP contribution is 2.13. The predicted octanol–water partition coefficient (Wildman–Crippen LogP) is 0.0382. The summed E-state index contributed by atoms with van der Waals surface area (Å²) in [5, 5.41) is 0. The van der Waals surface area contributed by atoms with E-state index in [4.69, 9.17) is 0 Å². The van der Waals surface area contributed by atoms with Gasteiger partial charge in [0.1, 0.15) is 6.61 Å². The maximum atomic E-state index is 12.5. The van der Waals surface area contributed by atoms with E-state index in [9.17, 15) is 13.6 Å². The zero-order chi connectivity index (χ0) is 9.61. The summed E-state index contributed by atoms with van der Waals surface area (Å²) >= 11 is 0. The van der Waals surface area contributed by atoms with Gasteiger partial charge in [-0.1, -0.05) is 6.92 Å². The van der Waals surface area contributed by atoms with Gasteiger partial charge in [0.15, 0.2) is 0 Å². The summed E-state index contributed by atoms with van der Waals surface area (Å²) < 4.78 is 29.6. The number of alkyl halides is 2. The Morgan fingerprint density at radius 1 is 1.67 bits per heavy atom. The van der Waals surface area contributed by atoms with Crippen molar-refractivity contribution in [1.82, 2.24) is 5.43 Å². The van der Waals surface area contributed by atoms with Gasteiger partial charge >= 0.3 is 11.8 Å². The lowest BCUT2D eigenvalue weighted by Crippen LogP contribution is -2.46. The summed E-state index contributed by atoms with van der Waals surface area (Å²) in [6, 6.07) is 0. The highest BCUT2D eigenvalue weighted by Gasteiger charge is 2.38. The largest absolute Gasteiger partial charge is 0.375 e. The van der Waals surface area contributed by atoms with Gasteiger partial charge in [0.2, 0.25) is 0 Å². The van der Waals surface area contributed by atoms with Gasteiger partial charge in [-0.2, -0.15) is 8.78 Å². The summed E-state index contributed by atoms with van der Waals surface area (Å²) in [7, 11) is 0. The normalized spacial score (nSPS) is 11.3. The second-order valence-electron chi connectivity index (χ2n) is 2.23. The number of amides is 1. The number of ether oxygens (including phenoxy) is 1. The molecule has 72 valence electrons. The predicted molar refractivity (Wildman–Crippen MR) is 38.4 cm³/mol. The van der Waals surface area contributed by atoms with E-state index >= 15 is 0 Å². The van der Waals surface area contributed by atoms with Gasteiger partial charge < -0.3 is 4.74 Å². The van der Waals surface area contributed by atoms with Gasteiger partial charge in [-0.25, -0.2) is 5.84 Å². The number of halogens is 2. The van der Waals surface area contributed by atoms with Crippen molar-refractivity contribution < 1.29 is 18.3 Å². The number of nitrogens with one attached hydrogen (secondary N) is 1. The minimum Gasteiger partial charge on any atom is -0.375 e. The summed E-state index contributed by atoms with van der Waals surface area (Å²) in [5.74, 6) is -0.540. The minimum absolute atomic E-state index is 0.202. The summed E-state index contributed by atoms with van der Waals surface area (Å²) in [6.45, 7) is 1.05. The van der Waals surface area contributed by atoms with Crippen molar-refractivity contribution in [3.8, 4) is 0 Å². The topological polar surface area (TPSA) is 64.3 Å². The zero-order valence-electron chi connectivity index (χ0n) is 6.77. The molecule has 3 N–H and O–H groups in total. The Bertz CT molecular complexity index is 152. The van der Waals surface area contributed by atoms with Gasteiger partial charge in [0, 0.05) is 6.61 Å². The van der Waals surface area contributed by atoms with Crippen molar-refractivity contribution in [3.63, 3.8) is 0 Å². The van der Waals surface area contributed by atoms with Crippen molar-refractivity contribution >= 4 is 5.91 Å². The smallest absolute Gasteiger partial charge is 0.348 e. The van der Waals surface area contributed by atoms with Crippen LogP contribution in [0.5, 0.6) is 0 Å². The average Bonchev–Trinajstić information content (AvgIpc) is 2.03. The lowest BCUT2D eigenvalue weighted by atomic mass is 10.3. The van der Waals surface area contributed by atoms with Crippen molar-refractivity contribution in [3.05, 3.63) is 0 Å². The van der Waals surface area contributed by atoms with Gasteiger partial charge in [-0.3, -0.25) is 10.2 Å². The number of hydrogen-bond acceptors (Lipinski definition) is 3. The Morgan fingerprint density at radius 2 is 2.25 bits per heavy atom. The van der Waals surface area contributed by atoms with E-state index in [0.717, 1.165) is 0 Å². The van der Waals surface area contributed by atoms with Gasteiger partial charge in [-0.15, -0.1) is 0 Å². The molecule has 0 saturated carbocycles. The SMILES string of the molecule is CCCOCC(F)(F)C(=O)NN. The summed E-state index contributed by atoms with van der Waals surface area (Å²) in [6.07, 6.45) is 0.625. The summed E-state index contributed by atoms with van der Waals surface area (Å²) in [5.41, 5.74) is 1.36. The number of rotatable bonds is 5. The lowest BCUT2D eigenvalue weighted by molar-refractivity contribution is -0.154. The van der Waals surface area contributed by atoms with Gasteiger partial charge in [0.05, 0.1) is 0 Å². The van der Waals surface area contributed by atoms with Crippen LogP contribution in [0.4, 0.5) is 8.78 Å². The average molecular weight is 182 g/mol. The molecule has 0 bridgehead atoms. The fourth-order valence-corrected chi connectivity index (χ4v) is 0.516.